The Balaban J connectivity index is 1.16. The summed E-state index contributed by atoms with van der Waals surface area (Å²) in [4.78, 5) is 19.1. The van der Waals surface area contributed by atoms with E-state index in [2.05, 4.69) is 20.3 Å². The topological polar surface area (TPSA) is 97.1 Å². The number of hydrogen-bond donors (Lipinski definition) is 1. The maximum absolute atomic E-state index is 13.1. The van der Waals surface area contributed by atoms with Crippen molar-refractivity contribution < 1.29 is 18.4 Å². The monoisotopic (exact) mass is 425 g/mol. The standard InChI is InChI=1S/C22H24FN5O3/c23-17-5-3-15(4-6-17)18-11-19(26-25-18)22(29)28-9-7-16(12-28)21-24-20(27-31-21)8-10-30-13-14-1-2-14/h3-6,11,14,16H,1-2,7-10,12-13H2,(H,25,26). The van der Waals surface area contributed by atoms with Crippen LogP contribution in [0.25, 0.3) is 11.3 Å². The van der Waals surface area contributed by atoms with E-state index in [1.165, 1.54) is 25.0 Å². The molecule has 0 bridgehead atoms. The molecule has 9 heteroatoms. The molecule has 162 valence electrons. The second kappa shape index (κ2) is 8.58. The first-order chi connectivity index (χ1) is 15.2. The van der Waals surface area contributed by atoms with E-state index in [0.29, 0.717) is 49.2 Å². The molecule has 0 spiro atoms. The van der Waals surface area contributed by atoms with Crippen molar-refractivity contribution in [2.45, 2.75) is 31.6 Å². The quantitative estimate of drug-likeness (QED) is 0.557. The minimum atomic E-state index is -0.311. The molecule has 2 aliphatic rings. The zero-order valence-electron chi connectivity index (χ0n) is 17.1. The average molecular weight is 425 g/mol. The van der Waals surface area contributed by atoms with Gasteiger partial charge in [0.05, 0.1) is 18.2 Å². The predicted molar refractivity (Wildman–Crippen MR) is 109 cm³/mol. The normalized spacial score (nSPS) is 18.6. The SMILES string of the molecule is O=C(c1cc(-c2ccc(F)cc2)n[nH]1)N1CCC(c2nc(CCOCC3CC3)no2)C1. The van der Waals surface area contributed by atoms with Gasteiger partial charge in [-0.05, 0) is 55.5 Å². The fourth-order valence-corrected chi connectivity index (χ4v) is 3.75. The molecule has 1 aliphatic heterocycles. The number of H-pyrrole nitrogens is 1. The third kappa shape index (κ3) is 4.66. The van der Waals surface area contributed by atoms with E-state index in [1.807, 2.05) is 0 Å². The summed E-state index contributed by atoms with van der Waals surface area (Å²) in [6.07, 6.45) is 3.95. The van der Waals surface area contributed by atoms with Gasteiger partial charge in [0, 0.05) is 31.7 Å². The first kappa shape index (κ1) is 19.9. The van der Waals surface area contributed by atoms with Gasteiger partial charge in [0.2, 0.25) is 5.89 Å². The summed E-state index contributed by atoms with van der Waals surface area (Å²) in [6, 6.07) is 7.70. The first-order valence-electron chi connectivity index (χ1n) is 10.7. The van der Waals surface area contributed by atoms with Crippen molar-refractivity contribution in [1.82, 2.24) is 25.2 Å². The van der Waals surface area contributed by atoms with Gasteiger partial charge >= 0.3 is 0 Å². The number of carbonyl (C=O) groups excluding carboxylic acids is 1. The molecule has 3 aromatic rings. The zero-order chi connectivity index (χ0) is 21.2. The van der Waals surface area contributed by atoms with Crippen LogP contribution in [0.3, 0.4) is 0 Å². The van der Waals surface area contributed by atoms with Gasteiger partial charge in [-0.3, -0.25) is 9.89 Å². The molecule has 5 rings (SSSR count). The van der Waals surface area contributed by atoms with E-state index in [0.717, 1.165) is 24.5 Å². The number of aromatic nitrogens is 4. The minimum absolute atomic E-state index is 0.0251. The molecular formula is C22H24FN5O3. The van der Waals surface area contributed by atoms with Crippen LogP contribution in [0.1, 0.15) is 47.4 Å². The number of carbonyl (C=O) groups is 1. The highest BCUT2D eigenvalue weighted by atomic mass is 19.1. The number of aromatic amines is 1. The summed E-state index contributed by atoms with van der Waals surface area (Å²) in [7, 11) is 0. The summed E-state index contributed by atoms with van der Waals surface area (Å²) >= 11 is 0. The summed E-state index contributed by atoms with van der Waals surface area (Å²) in [6.45, 7) is 2.54. The zero-order valence-corrected chi connectivity index (χ0v) is 17.1. The molecule has 2 fully saturated rings. The highest BCUT2D eigenvalue weighted by Gasteiger charge is 2.32. The lowest BCUT2D eigenvalue weighted by Crippen LogP contribution is -2.28. The van der Waals surface area contributed by atoms with Gasteiger partial charge in [-0.2, -0.15) is 10.1 Å². The number of hydrogen-bond acceptors (Lipinski definition) is 6. The van der Waals surface area contributed by atoms with Crippen molar-refractivity contribution in [3.8, 4) is 11.3 Å². The van der Waals surface area contributed by atoms with Gasteiger partial charge < -0.3 is 14.2 Å². The van der Waals surface area contributed by atoms with Gasteiger partial charge in [0.1, 0.15) is 11.5 Å². The summed E-state index contributed by atoms with van der Waals surface area (Å²) < 4.78 is 24.2. The fourth-order valence-electron chi connectivity index (χ4n) is 3.75. The number of benzene rings is 1. The summed E-state index contributed by atoms with van der Waals surface area (Å²) in [5.41, 5.74) is 1.75. The molecule has 2 aromatic heterocycles. The Hall–Kier alpha value is -3.07. The van der Waals surface area contributed by atoms with Gasteiger partial charge in [0.15, 0.2) is 5.82 Å². The van der Waals surface area contributed by atoms with E-state index in [-0.39, 0.29) is 17.6 Å². The van der Waals surface area contributed by atoms with E-state index in [1.54, 1.807) is 23.1 Å². The van der Waals surface area contributed by atoms with Crippen LogP contribution in [0.2, 0.25) is 0 Å². The van der Waals surface area contributed by atoms with Crippen molar-refractivity contribution >= 4 is 5.91 Å². The number of halogens is 1. The number of nitrogens with zero attached hydrogens (tertiary/aromatic N) is 4. The molecule has 1 aliphatic carbocycles. The largest absolute Gasteiger partial charge is 0.381 e. The second-order valence-electron chi connectivity index (χ2n) is 8.23. The molecule has 1 saturated carbocycles. The maximum Gasteiger partial charge on any atom is 0.271 e. The molecular weight excluding hydrogens is 401 g/mol. The Morgan fingerprint density at radius 2 is 2.10 bits per heavy atom. The van der Waals surface area contributed by atoms with Crippen LogP contribution < -0.4 is 0 Å². The van der Waals surface area contributed by atoms with E-state index in [4.69, 9.17) is 9.26 Å². The predicted octanol–water partition coefficient (Wildman–Crippen LogP) is 3.20. The van der Waals surface area contributed by atoms with Crippen molar-refractivity contribution in [3.63, 3.8) is 0 Å². The van der Waals surface area contributed by atoms with Crippen LogP contribution >= 0.6 is 0 Å². The number of amides is 1. The van der Waals surface area contributed by atoms with Crippen LogP contribution in [-0.4, -0.2) is 57.4 Å². The highest BCUT2D eigenvalue weighted by molar-refractivity contribution is 5.93. The Kier molecular flexibility index (Phi) is 5.50. The van der Waals surface area contributed by atoms with E-state index in [9.17, 15) is 9.18 Å². The number of likely N-dealkylation sites (tertiary alicyclic amines) is 1. The molecule has 1 amide bonds. The second-order valence-corrected chi connectivity index (χ2v) is 8.23. The lowest BCUT2D eigenvalue weighted by molar-refractivity contribution is 0.0783. The van der Waals surface area contributed by atoms with Gasteiger partial charge in [-0.25, -0.2) is 4.39 Å². The van der Waals surface area contributed by atoms with Crippen LogP contribution in [0.5, 0.6) is 0 Å². The van der Waals surface area contributed by atoms with Crippen LogP contribution in [0, 0.1) is 11.7 Å². The lowest BCUT2D eigenvalue weighted by atomic mass is 10.1. The van der Waals surface area contributed by atoms with Crippen LogP contribution in [0.15, 0.2) is 34.9 Å². The smallest absolute Gasteiger partial charge is 0.271 e. The molecule has 1 saturated heterocycles. The van der Waals surface area contributed by atoms with Crippen molar-refractivity contribution in [3.05, 3.63) is 53.6 Å². The number of rotatable bonds is 8. The Labute approximate surface area is 178 Å². The van der Waals surface area contributed by atoms with Crippen LogP contribution in [-0.2, 0) is 11.2 Å². The van der Waals surface area contributed by atoms with Crippen molar-refractivity contribution in [2.75, 3.05) is 26.3 Å². The molecule has 1 N–H and O–H groups in total. The molecule has 1 unspecified atom stereocenters. The Morgan fingerprint density at radius 3 is 2.90 bits per heavy atom. The third-order valence-corrected chi connectivity index (χ3v) is 5.78. The Bertz CT molecular complexity index is 1040. The highest BCUT2D eigenvalue weighted by Crippen LogP contribution is 2.29. The maximum atomic E-state index is 13.1. The Morgan fingerprint density at radius 1 is 1.26 bits per heavy atom. The van der Waals surface area contributed by atoms with Gasteiger partial charge in [0.25, 0.3) is 5.91 Å². The molecule has 1 aromatic carbocycles. The average Bonchev–Trinajstić information content (AvgIpc) is 3.19. The van der Waals surface area contributed by atoms with Crippen molar-refractivity contribution in [2.24, 2.45) is 5.92 Å². The first-order valence-corrected chi connectivity index (χ1v) is 10.7. The van der Waals surface area contributed by atoms with Gasteiger partial charge in [-0.15, -0.1) is 0 Å². The van der Waals surface area contributed by atoms with Gasteiger partial charge in [-0.1, -0.05) is 5.16 Å². The number of nitrogens with one attached hydrogen (secondary N) is 1. The molecule has 3 heterocycles. The lowest BCUT2D eigenvalue weighted by Gasteiger charge is -2.14. The fraction of sp³-hybridized carbons (Fsp3) is 0.455. The minimum Gasteiger partial charge on any atom is -0.381 e. The van der Waals surface area contributed by atoms with E-state index >= 15 is 0 Å². The molecule has 0 radical (unpaired) electrons. The summed E-state index contributed by atoms with van der Waals surface area (Å²) in [5, 5.41) is 11.0. The molecule has 31 heavy (non-hydrogen) atoms. The molecule has 8 nitrogen and oxygen atoms in total. The van der Waals surface area contributed by atoms with E-state index < -0.39 is 0 Å². The summed E-state index contributed by atoms with van der Waals surface area (Å²) in [5.74, 6) is 1.55. The van der Waals surface area contributed by atoms with Crippen LogP contribution in [0.4, 0.5) is 4.39 Å². The molecule has 1 atom stereocenters. The number of ether oxygens (including phenoxy) is 1. The van der Waals surface area contributed by atoms with Crippen molar-refractivity contribution in [1.29, 1.82) is 0 Å². The third-order valence-electron chi connectivity index (χ3n) is 5.78.